The molecule has 6 atom stereocenters. The van der Waals surface area contributed by atoms with Crippen molar-refractivity contribution in [1.82, 2.24) is 10.6 Å². The predicted octanol–water partition coefficient (Wildman–Crippen LogP) is 2.95. The molecule has 6 heteroatoms. The van der Waals surface area contributed by atoms with Crippen LogP contribution in [0.4, 0.5) is 0 Å². The lowest BCUT2D eigenvalue weighted by Gasteiger charge is -2.41. The van der Waals surface area contributed by atoms with E-state index in [2.05, 4.69) is 15.6 Å². The Balaban J connectivity index is 1.14. The summed E-state index contributed by atoms with van der Waals surface area (Å²) in [6, 6.07) is 0.00230. The number of thioether (sulfide) groups is 1. The zero-order chi connectivity index (χ0) is 18.4. The van der Waals surface area contributed by atoms with Gasteiger partial charge in [0, 0.05) is 6.54 Å². The zero-order valence-corrected chi connectivity index (χ0v) is 17.2. The topological polar surface area (TPSA) is 62.7 Å². The van der Waals surface area contributed by atoms with Gasteiger partial charge in [-0.05, 0) is 81.7 Å². The second-order valence-corrected chi connectivity index (χ2v) is 10.8. The Morgan fingerprint density at radius 2 is 2.15 bits per heavy atom. The Bertz CT molecular complexity index is 619. The maximum absolute atomic E-state index is 12.9. The molecule has 6 unspecified atom stereocenters. The van der Waals surface area contributed by atoms with E-state index in [4.69, 9.17) is 4.74 Å². The van der Waals surface area contributed by atoms with Gasteiger partial charge in [-0.2, -0.15) is 0 Å². The lowest BCUT2D eigenvalue weighted by atomic mass is 9.64. The van der Waals surface area contributed by atoms with Crippen LogP contribution in [0.2, 0.25) is 0 Å². The molecule has 2 heterocycles. The lowest BCUT2D eigenvalue weighted by Crippen LogP contribution is -2.42. The van der Waals surface area contributed by atoms with Crippen molar-refractivity contribution in [1.29, 1.82) is 0 Å². The Morgan fingerprint density at radius 3 is 3.00 bits per heavy atom. The fourth-order valence-corrected chi connectivity index (χ4v) is 7.46. The van der Waals surface area contributed by atoms with Gasteiger partial charge >= 0.3 is 0 Å². The summed E-state index contributed by atoms with van der Waals surface area (Å²) < 4.78 is 6.07. The van der Waals surface area contributed by atoms with E-state index in [0.717, 1.165) is 55.5 Å². The van der Waals surface area contributed by atoms with E-state index in [-0.39, 0.29) is 23.3 Å². The number of fused-ring (bicyclic) bond motifs is 1. The molecule has 0 aromatic carbocycles. The molecular formula is C21H33N3O2S. The van der Waals surface area contributed by atoms with Gasteiger partial charge < -0.3 is 15.4 Å². The fraction of sp³-hybridized carbons (Fsp3) is 0.905. The second kappa shape index (κ2) is 7.25. The van der Waals surface area contributed by atoms with Gasteiger partial charge in [0.25, 0.3) is 0 Å². The molecule has 0 aromatic rings. The SMILES string of the molecule is CC1N=C(OC2CCNCC2)SC1C(=O)NCC12CCCC3CC(C1)C3C2. The molecule has 150 valence electrons. The third-order valence-electron chi connectivity index (χ3n) is 7.89. The Kier molecular flexibility index (Phi) is 4.91. The first kappa shape index (κ1) is 18.3. The number of carbonyl (C=O) groups excluding carboxylic acids is 1. The van der Waals surface area contributed by atoms with E-state index in [1.54, 1.807) is 0 Å². The van der Waals surface area contributed by atoms with Crippen LogP contribution >= 0.6 is 11.8 Å². The summed E-state index contributed by atoms with van der Waals surface area (Å²) in [5.74, 6) is 3.09. The van der Waals surface area contributed by atoms with Gasteiger partial charge in [0.2, 0.25) is 11.1 Å². The average Bonchev–Trinajstić information content (AvgIpc) is 3.09. The molecule has 2 N–H and O–H groups in total. The maximum atomic E-state index is 12.9. The van der Waals surface area contributed by atoms with Crippen LogP contribution in [0.25, 0.3) is 0 Å². The highest BCUT2D eigenvalue weighted by molar-refractivity contribution is 8.15. The summed E-state index contributed by atoms with van der Waals surface area (Å²) in [6.07, 6.45) is 10.6. The van der Waals surface area contributed by atoms with Crippen molar-refractivity contribution in [2.45, 2.75) is 75.7 Å². The van der Waals surface area contributed by atoms with Crippen molar-refractivity contribution in [3.8, 4) is 0 Å². The second-order valence-electron chi connectivity index (χ2n) is 9.68. The molecule has 5 rings (SSSR count). The number of carbonyl (C=O) groups is 1. The number of rotatable bonds is 4. The van der Waals surface area contributed by atoms with Crippen LogP contribution in [-0.4, -0.2) is 48.2 Å². The van der Waals surface area contributed by atoms with Gasteiger partial charge in [0.15, 0.2) is 0 Å². The molecule has 27 heavy (non-hydrogen) atoms. The summed E-state index contributed by atoms with van der Waals surface area (Å²) in [5, 5.41) is 7.29. The van der Waals surface area contributed by atoms with Gasteiger partial charge in [0.05, 0.1) is 6.04 Å². The van der Waals surface area contributed by atoms with Gasteiger partial charge in [0.1, 0.15) is 11.4 Å². The van der Waals surface area contributed by atoms with E-state index in [1.807, 2.05) is 6.92 Å². The van der Waals surface area contributed by atoms with Crippen molar-refractivity contribution in [2.75, 3.05) is 19.6 Å². The standard InChI is InChI=1S/C21H33N3O2S/c1-13-18(27-20(24-13)26-16-4-7-22-8-5-16)19(25)23-12-21-6-2-3-14-9-15(10-21)17(14)11-21/h13-18,22H,2-12H2,1H3,(H,23,25). The molecule has 5 aliphatic rings. The quantitative estimate of drug-likeness (QED) is 0.773. The summed E-state index contributed by atoms with van der Waals surface area (Å²) in [5.41, 5.74) is 0.387. The van der Waals surface area contributed by atoms with E-state index < -0.39 is 0 Å². The van der Waals surface area contributed by atoms with Crippen molar-refractivity contribution in [2.24, 2.45) is 28.2 Å². The molecule has 0 aromatic heterocycles. The molecule has 3 aliphatic carbocycles. The number of ether oxygens (including phenoxy) is 1. The van der Waals surface area contributed by atoms with Crippen LogP contribution < -0.4 is 10.6 Å². The van der Waals surface area contributed by atoms with Crippen LogP contribution in [0.1, 0.15) is 58.3 Å². The number of amides is 1. The third kappa shape index (κ3) is 3.52. The van der Waals surface area contributed by atoms with Crippen LogP contribution in [0.5, 0.6) is 0 Å². The molecule has 4 fully saturated rings. The average molecular weight is 392 g/mol. The van der Waals surface area contributed by atoms with Gasteiger partial charge in [-0.3, -0.25) is 4.79 Å². The number of piperidine rings is 1. The fourth-order valence-electron chi connectivity index (χ4n) is 6.38. The van der Waals surface area contributed by atoms with Crippen molar-refractivity contribution >= 4 is 22.9 Å². The molecule has 3 saturated carbocycles. The Labute approximate surface area is 166 Å². The minimum absolute atomic E-state index is 0.00230. The van der Waals surface area contributed by atoms with E-state index >= 15 is 0 Å². The number of nitrogens with zero attached hydrogens (tertiary/aromatic N) is 1. The number of nitrogens with one attached hydrogen (secondary N) is 2. The number of aliphatic imine (C=N–C) groups is 1. The predicted molar refractivity (Wildman–Crippen MR) is 109 cm³/mol. The summed E-state index contributed by atoms with van der Waals surface area (Å²) in [4.78, 5) is 17.6. The molecule has 1 saturated heterocycles. The normalized spacial score (nSPS) is 43.6. The lowest BCUT2D eigenvalue weighted by molar-refractivity contribution is -0.121. The first-order chi connectivity index (χ1) is 13.1. The summed E-state index contributed by atoms with van der Waals surface area (Å²) >= 11 is 1.53. The van der Waals surface area contributed by atoms with Crippen LogP contribution in [-0.2, 0) is 9.53 Å². The molecule has 0 radical (unpaired) electrons. The van der Waals surface area contributed by atoms with Crippen molar-refractivity contribution < 1.29 is 9.53 Å². The largest absolute Gasteiger partial charge is 0.470 e. The smallest absolute Gasteiger partial charge is 0.247 e. The number of hydrogen-bond acceptors (Lipinski definition) is 5. The van der Waals surface area contributed by atoms with Gasteiger partial charge in [-0.25, -0.2) is 4.99 Å². The highest BCUT2D eigenvalue weighted by Crippen LogP contribution is 2.63. The van der Waals surface area contributed by atoms with Gasteiger partial charge in [-0.15, -0.1) is 0 Å². The molecular weight excluding hydrogens is 358 g/mol. The van der Waals surface area contributed by atoms with Gasteiger partial charge in [-0.1, -0.05) is 24.6 Å². The third-order valence-corrected chi connectivity index (χ3v) is 9.15. The molecule has 5 nitrogen and oxygen atoms in total. The van der Waals surface area contributed by atoms with Crippen molar-refractivity contribution in [3.63, 3.8) is 0 Å². The minimum atomic E-state index is -0.130. The number of hydrogen-bond donors (Lipinski definition) is 2. The van der Waals surface area contributed by atoms with E-state index in [1.165, 1.54) is 50.3 Å². The van der Waals surface area contributed by atoms with E-state index in [9.17, 15) is 4.79 Å². The monoisotopic (exact) mass is 391 g/mol. The minimum Gasteiger partial charge on any atom is -0.470 e. The highest BCUT2D eigenvalue weighted by Gasteiger charge is 2.55. The Hall–Kier alpha value is -0.750. The van der Waals surface area contributed by atoms with Crippen molar-refractivity contribution in [3.05, 3.63) is 0 Å². The van der Waals surface area contributed by atoms with Crippen LogP contribution in [0.3, 0.4) is 0 Å². The zero-order valence-electron chi connectivity index (χ0n) is 16.4. The summed E-state index contributed by atoms with van der Waals surface area (Å²) in [6.45, 7) is 4.93. The summed E-state index contributed by atoms with van der Waals surface area (Å²) in [7, 11) is 0. The molecule has 2 bridgehead atoms. The molecule has 2 aliphatic heterocycles. The molecule has 1 amide bonds. The highest BCUT2D eigenvalue weighted by atomic mass is 32.2. The van der Waals surface area contributed by atoms with Crippen LogP contribution in [0, 0.1) is 23.2 Å². The molecule has 0 spiro atoms. The Morgan fingerprint density at radius 1 is 1.30 bits per heavy atom. The van der Waals surface area contributed by atoms with E-state index in [0.29, 0.717) is 5.41 Å². The maximum Gasteiger partial charge on any atom is 0.247 e. The van der Waals surface area contributed by atoms with Crippen LogP contribution in [0.15, 0.2) is 4.99 Å². The first-order valence-electron chi connectivity index (χ1n) is 11.0. The first-order valence-corrected chi connectivity index (χ1v) is 11.9.